The number of halogens is 2. The number of aryl methyl sites for hydroxylation is 1. The number of rotatable bonds is 6. The quantitative estimate of drug-likeness (QED) is 0.463. The Kier molecular flexibility index (Phi) is 5.84. The van der Waals surface area contributed by atoms with Gasteiger partial charge in [0.15, 0.2) is 0 Å². The molecule has 1 amide bonds. The molecule has 0 saturated carbocycles. The lowest BCUT2D eigenvalue weighted by atomic mass is 10.00. The summed E-state index contributed by atoms with van der Waals surface area (Å²) < 4.78 is 32.7. The molecule has 28 heavy (non-hydrogen) atoms. The fourth-order valence-corrected chi connectivity index (χ4v) is 3.26. The van der Waals surface area contributed by atoms with E-state index in [-0.39, 0.29) is 29.2 Å². The molecular formula is C19H19F2N3O4. The first kappa shape index (κ1) is 19.7. The lowest BCUT2D eigenvalue weighted by molar-refractivity contribution is -0.384. The first-order chi connectivity index (χ1) is 13.4. The number of nitro groups is 1. The van der Waals surface area contributed by atoms with E-state index in [4.69, 9.17) is 4.74 Å². The molecule has 0 atom stereocenters. The smallest absolute Gasteiger partial charge is 0.293 e. The van der Waals surface area contributed by atoms with Crippen LogP contribution in [0.4, 0.5) is 25.8 Å². The van der Waals surface area contributed by atoms with Crippen LogP contribution in [-0.4, -0.2) is 37.6 Å². The summed E-state index contributed by atoms with van der Waals surface area (Å²) in [5.74, 6) is -2.10. The Balaban J connectivity index is 1.94. The molecule has 0 aromatic heterocycles. The van der Waals surface area contributed by atoms with E-state index >= 15 is 0 Å². The SMILES string of the molecule is COCCNc1ccc(C(=O)N2CCCc3cc(F)cc(F)c32)cc1[N+](=O)[O-]. The van der Waals surface area contributed by atoms with Crippen LogP contribution in [0.3, 0.4) is 0 Å². The molecule has 0 radical (unpaired) electrons. The van der Waals surface area contributed by atoms with Crippen LogP contribution >= 0.6 is 0 Å². The van der Waals surface area contributed by atoms with Gasteiger partial charge in [0.1, 0.15) is 17.3 Å². The number of ether oxygens (including phenoxy) is 1. The minimum atomic E-state index is -0.824. The number of nitrogens with zero attached hydrogens (tertiary/aromatic N) is 2. The highest BCUT2D eigenvalue weighted by Gasteiger charge is 2.28. The minimum Gasteiger partial charge on any atom is -0.383 e. The summed E-state index contributed by atoms with van der Waals surface area (Å²) in [4.78, 5) is 25.0. The molecule has 148 valence electrons. The standard InChI is InChI=1S/C19H19F2N3O4/c1-28-8-6-22-16-5-4-13(10-17(16)24(26)27)19(25)23-7-2-3-12-9-14(20)11-15(21)18(12)23/h4-5,9-11,22H,2-3,6-8H2,1H3. The van der Waals surface area contributed by atoms with Gasteiger partial charge in [-0.25, -0.2) is 8.78 Å². The van der Waals surface area contributed by atoms with Crippen molar-refractivity contribution in [2.24, 2.45) is 0 Å². The molecule has 0 saturated heterocycles. The average molecular weight is 391 g/mol. The van der Waals surface area contributed by atoms with Gasteiger partial charge in [-0.3, -0.25) is 14.9 Å². The number of amides is 1. The summed E-state index contributed by atoms with van der Waals surface area (Å²) in [7, 11) is 1.51. The van der Waals surface area contributed by atoms with Gasteiger partial charge in [-0.15, -0.1) is 0 Å². The van der Waals surface area contributed by atoms with Gasteiger partial charge in [-0.1, -0.05) is 0 Å². The second-order valence-electron chi connectivity index (χ2n) is 6.36. The van der Waals surface area contributed by atoms with E-state index in [2.05, 4.69) is 5.32 Å². The topological polar surface area (TPSA) is 84.7 Å². The molecule has 2 aromatic carbocycles. The Morgan fingerprint density at radius 3 is 2.82 bits per heavy atom. The number of hydrogen-bond donors (Lipinski definition) is 1. The van der Waals surface area contributed by atoms with Crippen molar-refractivity contribution in [3.05, 3.63) is 63.2 Å². The Morgan fingerprint density at radius 1 is 1.32 bits per heavy atom. The van der Waals surface area contributed by atoms with Gasteiger partial charge in [-0.05, 0) is 36.6 Å². The van der Waals surface area contributed by atoms with Gasteiger partial charge in [0, 0.05) is 37.9 Å². The Labute approximate surface area is 160 Å². The van der Waals surface area contributed by atoms with Crippen molar-refractivity contribution >= 4 is 23.0 Å². The second-order valence-corrected chi connectivity index (χ2v) is 6.36. The highest BCUT2D eigenvalue weighted by atomic mass is 19.1. The lowest BCUT2D eigenvalue weighted by Crippen LogP contribution is -2.36. The summed E-state index contributed by atoms with van der Waals surface area (Å²) in [6.07, 6.45) is 0.997. The van der Waals surface area contributed by atoms with E-state index < -0.39 is 22.5 Å². The van der Waals surface area contributed by atoms with Crippen LogP contribution < -0.4 is 10.2 Å². The molecule has 1 N–H and O–H groups in total. The van der Waals surface area contributed by atoms with Gasteiger partial charge in [-0.2, -0.15) is 0 Å². The third kappa shape index (κ3) is 3.94. The second kappa shape index (κ2) is 8.30. The molecule has 0 spiro atoms. The van der Waals surface area contributed by atoms with Crippen LogP contribution in [-0.2, 0) is 11.2 Å². The zero-order valence-corrected chi connectivity index (χ0v) is 15.2. The van der Waals surface area contributed by atoms with E-state index in [0.717, 1.165) is 12.1 Å². The summed E-state index contributed by atoms with van der Waals surface area (Å²) in [6, 6.07) is 5.99. The van der Waals surface area contributed by atoms with Crippen LogP contribution in [0, 0.1) is 21.7 Å². The zero-order chi connectivity index (χ0) is 20.3. The Morgan fingerprint density at radius 2 is 2.11 bits per heavy atom. The van der Waals surface area contributed by atoms with Crippen molar-refractivity contribution in [2.75, 3.05) is 37.0 Å². The van der Waals surface area contributed by atoms with Crippen molar-refractivity contribution in [2.45, 2.75) is 12.8 Å². The van der Waals surface area contributed by atoms with E-state index in [1.54, 1.807) is 0 Å². The fraction of sp³-hybridized carbons (Fsp3) is 0.316. The van der Waals surface area contributed by atoms with Gasteiger partial charge < -0.3 is 15.0 Å². The molecule has 0 fully saturated rings. The van der Waals surface area contributed by atoms with E-state index in [9.17, 15) is 23.7 Å². The number of fused-ring (bicyclic) bond motifs is 1. The first-order valence-corrected chi connectivity index (χ1v) is 8.73. The lowest BCUT2D eigenvalue weighted by Gasteiger charge is -2.30. The third-order valence-corrected chi connectivity index (χ3v) is 4.51. The van der Waals surface area contributed by atoms with Crippen molar-refractivity contribution in [3.8, 4) is 0 Å². The molecule has 7 nitrogen and oxygen atoms in total. The highest BCUT2D eigenvalue weighted by Crippen LogP contribution is 2.33. The van der Waals surface area contributed by atoms with Gasteiger partial charge >= 0.3 is 0 Å². The highest BCUT2D eigenvalue weighted by molar-refractivity contribution is 6.07. The first-order valence-electron chi connectivity index (χ1n) is 8.73. The van der Waals surface area contributed by atoms with Crippen LogP contribution in [0.5, 0.6) is 0 Å². The normalized spacial score (nSPS) is 13.2. The molecule has 0 aliphatic carbocycles. The largest absolute Gasteiger partial charge is 0.383 e. The van der Waals surface area contributed by atoms with Gasteiger partial charge in [0.2, 0.25) is 0 Å². The number of methoxy groups -OCH3 is 1. The monoisotopic (exact) mass is 391 g/mol. The Bertz CT molecular complexity index is 920. The number of carbonyl (C=O) groups is 1. The number of hydrogen-bond acceptors (Lipinski definition) is 5. The predicted octanol–water partition coefficient (Wildman–Crippen LogP) is 3.52. The minimum absolute atomic E-state index is 0.0302. The van der Waals surface area contributed by atoms with Crippen molar-refractivity contribution in [1.29, 1.82) is 0 Å². The molecule has 0 unspecified atom stereocenters. The van der Waals surface area contributed by atoms with Crippen molar-refractivity contribution < 1.29 is 23.2 Å². The maximum Gasteiger partial charge on any atom is 0.293 e. The molecule has 0 bridgehead atoms. The zero-order valence-electron chi connectivity index (χ0n) is 15.2. The van der Waals surface area contributed by atoms with Crippen LogP contribution in [0.15, 0.2) is 30.3 Å². The maximum absolute atomic E-state index is 14.3. The molecule has 1 aliphatic rings. The van der Waals surface area contributed by atoms with E-state index in [0.29, 0.717) is 31.6 Å². The van der Waals surface area contributed by atoms with Crippen LogP contribution in [0.1, 0.15) is 22.3 Å². The number of nitro benzene ring substituents is 1. The summed E-state index contributed by atoms with van der Waals surface area (Å²) in [5.41, 5.74) is 0.484. The summed E-state index contributed by atoms with van der Waals surface area (Å²) in [6.45, 7) is 0.967. The molecular weight excluding hydrogens is 372 g/mol. The third-order valence-electron chi connectivity index (χ3n) is 4.51. The van der Waals surface area contributed by atoms with Gasteiger partial charge in [0.25, 0.3) is 11.6 Å². The van der Waals surface area contributed by atoms with Gasteiger partial charge in [0.05, 0.1) is 17.2 Å². The summed E-state index contributed by atoms with van der Waals surface area (Å²) >= 11 is 0. The summed E-state index contributed by atoms with van der Waals surface area (Å²) in [5, 5.41) is 14.3. The molecule has 9 heteroatoms. The van der Waals surface area contributed by atoms with E-state index in [1.165, 1.54) is 30.2 Å². The van der Waals surface area contributed by atoms with E-state index in [1.807, 2.05) is 0 Å². The fourth-order valence-electron chi connectivity index (χ4n) is 3.26. The number of anilines is 2. The average Bonchev–Trinajstić information content (AvgIpc) is 2.67. The van der Waals surface area contributed by atoms with Crippen molar-refractivity contribution in [1.82, 2.24) is 0 Å². The number of carbonyl (C=O) groups excluding carboxylic acids is 1. The maximum atomic E-state index is 14.3. The molecule has 3 rings (SSSR count). The molecule has 1 aliphatic heterocycles. The number of benzene rings is 2. The van der Waals surface area contributed by atoms with Crippen LogP contribution in [0.2, 0.25) is 0 Å². The Hall–Kier alpha value is -3.07. The predicted molar refractivity (Wildman–Crippen MR) is 99.8 cm³/mol. The molecule has 2 aromatic rings. The number of nitrogens with one attached hydrogen (secondary N) is 1. The molecule has 1 heterocycles. The van der Waals surface area contributed by atoms with Crippen molar-refractivity contribution in [3.63, 3.8) is 0 Å². The van der Waals surface area contributed by atoms with Crippen LogP contribution in [0.25, 0.3) is 0 Å².